The molecule has 7 heteroatoms. The van der Waals surface area contributed by atoms with Crippen LogP contribution in [0.3, 0.4) is 0 Å². The van der Waals surface area contributed by atoms with E-state index < -0.39 is 0 Å². The van der Waals surface area contributed by atoms with E-state index in [9.17, 15) is 9.59 Å². The zero-order chi connectivity index (χ0) is 15.7. The number of rotatable bonds is 3. The van der Waals surface area contributed by atoms with Crippen LogP contribution in [0.2, 0.25) is 0 Å². The smallest absolute Gasteiger partial charge is 0.271 e. The Morgan fingerprint density at radius 2 is 2.27 bits per heavy atom. The molecule has 7 nitrogen and oxygen atoms in total. The number of aromatic nitrogens is 2. The van der Waals surface area contributed by atoms with Crippen molar-refractivity contribution in [2.45, 2.75) is 33.0 Å². The summed E-state index contributed by atoms with van der Waals surface area (Å²) in [6.07, 6.45) is 3.30. The van der Waals surface area contributed by atoms with Gasteiger partial charge in [-0.25, -0.2) is 4.98 Å². The summed E-state index contributed by atoms with van der Waals surface area (Å²) in [6, 6.07) is 3.44. The number of nitrogens with one attached hydrogen (secondary N) is 1. The second-order valence-corrected chi connectivity index (χ2v) is 5.33. The highest BCUT2D eigenvalue weighted by atomic mass is 16.3. The van der Waals surface area contributed by atoms with Crippen molar-refractivity contribution in [1.29, 1.82) is 0 Å². The zero-order valence-corrected chi connectivity index (χ0v) is 12.6. The Balaban J connectivity index is 1.73. The van der Waals surface area contributed by atoms with Crippen molar-refractivity contribution >= 4 is 11.8 Å². The first kappa shape index (κ1) is 14.4. The predicted molar refractivity (Wildman–Crippen MR) is 77.9 cm³/mol. The van der Waals surface area contributed by atoms with Gasteiger partial charge in [-0.15, -0.1) is 0 Å². The van der Waals surface area contributed by atoms with Crippen LogP contribution in [0.1, 0.15) is 42.0 Å². The molecule has 0 saturated heterocycles. The number of carbonyl (C=O) groups excluding carboxylic acids is 2. The van der Waals surface area contributed by atoms with Crippen molar-refractivity contribution in [2.75, 3.05) is 6.54 Å². The number of hydrogen-bond acceptors (Lipinski definition) is 4. The molecule has 1 N–H and O–H groups in total. The van der Waals surface area contributed by atoms with Crippen LogP contribution in [0.25, 0.3) is 0 Å². The lowest BCUT2D eigenvalue weighted by molar-refractivity contribution is -0.132. The lowest BCUT2D eigenvalue weighted by atomic mass is 10.2. The first-order valence-corrected chi connectivity index (χ1v) is 7.21. The van der Waals surface area contributed by atoms with E-state index in [1.54, 1.807) is 36.4 Å². The van der Waals surface area contributed by atoms with Crippen molar-refractivity contribution in [1.82, 2.24) is 19.8 Å². The van der Waals surface area contributed by atoms with Gasteiger partial charge in [-0.3, -0.25) is 9.59 Å². The topological polar surface area (TPSA) is 80.4 Å². The van der Waals surface area contributed by atoms with Crippen molar-refractivity contribution in [3.8, 4) is 0 Å². The number of carbonyl (C=O) groups is 2. The molecule has 2 amide bonds. The maximum Gasteiger partial charge on any atom is 0.271 e. The molecular formula is C15H18N4O3. The Morgan fingerprint density at radius 3 is 2.95 bits per heavy atom. The van der Waals surface area contributed by atoms with Gasteiger partial charge in [-0.1, -0.05) is 0 Å². The molecule has 0 aromatic carbocycles. The maximum absolute atomic E-state index is 12.2. The normalized spacial score (nSPS) is 17.2. The minimum atomic E-state index is -0.250. The number of amides is 2. The summed E-state index contributed by atoms with van der Waals surface area (Å²) in [5.74, 6) is 1.20. The lowest BCUT2D eigenvalue weighted by Gasteiger charge is -2.32. The predicted octanol–water partition coefficient (Wildman–Crippen LogP) is 1.33. The van der Waals surface area contributed by atoms with E-state index in [0.717, 1.165) is 5.82 Å². The van der Waals surface area contributed by atoms with E-state index in [1.165, 1.54) is 0 Å². The molecule has 0 radical (unpaired) electrons. The standard InChI is InChI=1S/C15H18N4O3/c1-10-14-17-13(9-18(14)5-6-19(10)11(2)20)15(21)16-8-12-4-3-7-22-12/h3-4,7,9-10H,5-6,8H2,1-2H3,(H,16,21). The number of hydrogen-bond donors (Lipinski definition) is 1. The van der Waals surface area contributed by atoms with Crippen LogP contribution < -0.4 is 5.32 Å². The summed E-state index contributed by atoms with van der Waals surface area (Å²) in [6.45, 7) is 5.07. The summed E-state index contributed by atoms with van der Waals surface area (Å²) < 4.78 is 7.11. The van der Waals surface area contributed by atoms with E-state index in [1.807, 2.05) is 11.5 Å². The van der Waals surface area contributed by atoms with Crippen LogP contribution in [-0.2, 0) is 17.9 Å². The average molecular weight is 302 g/mol. The first-order chi connectivity index (χ1) is 10.6. The Bertz CT molecular complexity index is 690. The van der Waals surface area contributed by atoms with Gasteiger partial charge < -0.3 is 19.2 Å². The molecule has 1 atom stereocenters. The van der Waals surface area contributed by atoms with Crippen LogP contribution in [0.4, 0.5) is 0 Å². The molecule has 1 aliphatic heterocycles. The van der Waals surface area contributed by atoms with E-state index in [0.29, 0.717) is 31.1 Å². The van der Waals surface area contributed by atoms with Crippen molar-refractivity contribution < 1.29 is 14.0 Å². The molecule has 0 saturated carbocycles. The van der Waals surface area contributed by atoms with Gasteiger partial charge in [-0.2, -0.15) is 0 Å². The third-order valence-electron chi connectivity index (χ3n) is 3.87. The Hall–Kier alpha value is -2.57. The van der Waals surface area contributed by atoms with Gasteiger partial charge in [0, 0.05) is 26.2 Å². The Labute approximate surface area is 127 Å². The molecule has 1 unspecified atom stereocenters. The molecule has 3 heterocycles. The number of furan rings is 1. The molecule has 1 aliphatic rings. The van der Waals surface area contributed by atoms with E-state index in [-0.39, 0.29) is 17.9 Å². The molecule has 22 heavy (non-hydrogen) atoms. The molecule has 0 spiro atoms. The van der Waals surface area contributed by atoms with E-state index in [4.69, 9.17) is 4.42 Å². The summed E-state index contributed by atoms with van der Waals surface area (Å²) >= 11 is 0. The fourth-order valence-electron chi connectivity index (χ4n) is 2.70. The van der Waals surface area contributed by atoms with Crippen molar-refractivity contribution in [3.05, 3.63) is 41.9 Å². The molecule has 0 fully saturated rings. The van der Waals surface area contributed by atoms with Gasteiger partial charge in [0.25, 0.3) is 5.91 Å². The highest BCUT2D eigenvalue weighted by Crippen LogP contribution is 2.24. The van der Waals surface area contributed by atoms with Gasteiger partial charge in [0.2, 0.25) is 5.91 Å². The molecule has 0 bridgehead atoms. The molecule has 116 valence electrons. The van der Waals surface area contributed by atoms with Gasteiger partial charge in [0.15, 0.2) is 0 Å². The Morgan fingerprint density at radius 1 is 1.45 bits per heavy atom. The summed E-state index contributed by atoms with van der Waals surface area (Å²) in [5, 5.41) is 2.77. The molecule has 2 aromatic heterocycles. The highest BCUT2D eigenvalue weighted by Gasteiger charge is 2.28. The van der Waals surface area contributed by atoms with Gasteiger partial charge in [-0.05, 0) is 19.1 Å². The van der Waals surface area contributed by atoms with Gasteiger partial charge >= 0.3 is 0 Å². The highest BCUT2D eigenvalue weighted by molar-refractivity contribution is 5.92. The SMILES string of the molecule is CC(=O)N1CCn2cc(C(=O)NCc3ccco3)nc2C1C. The lowest BCUT2D eigenvalue weighted by Crippen LogP contribution is -2.39. The van der Waals surface area contributed by atoms with Crippen LogP contribution in [0.15, 0.2) is 29.0 Å². The first-order valence-electron chi connectivity index (χ1n) is 7.21. The fraction of sp³-hybridized carbons (Fsp3) is 0.400. The number of imidazole rings is 1. The second kappa shape index (κ2) is 5.67. The van der Waals surface area contributed by atoms with Crippen LogP contribution in [-0.4, -0.2) is 32.8 Å². The molecule has 2 aromatic rings. The largest absolute Gasteiger partial charge is 0.467 e. The average Bonchev–Trinajstić information content (AvgIpc) is 3.14. The molecule has 3 rings (SSSR count). The van der Waals surface area contributed by atoms with Gasteiger partial charge in [0.1, 0.15) is 17.3 Å². The third kappa shape index (κ3) is 2.61. The molecule has 0 aliphatic carbocycles. The number of fused-ring (bicyclic) bond motifs is 1. The Kier molecular flexibility index (Phi) is 3.70. The van der Waals surface area contributed by atoms with Crippen molar-refractivity contribution in [2.24, 2.45) is 0 Å². The monoisotopic (exact) mass is 302 g/mol. The van der Waals surface area contributed by atoms with Crippen LogP contribution in [0, 0.1) is 0 Å². The quantitative estimate of drug-likeness (QED) is 0.927. The van der Waals surface area contributed by atoms with Crippen LogP contribution >= 0.6 is 0 Å². The van der Waals surface area contributed by atoms with Crippen LogP contribution in [0.5, 0.6) is 0 Å². The van der Waals surface area contributed by atoms with E-state index in [2.05, 4.69) is 10.3 Å². The maximum atomic E-state index is 12.2. The van der Waals surface area contributed by atoms with E-state index >= 15 is 0 Å². The summed E-state index contributed by atoms with van der Waals surface area (Å²) in [7, 11) is 0. The zero-order valence-electron chi connectivity index (χ0n) is 12.6. The second-order valence-electron chi connectivity index (χ2n) is 5.33. The summed E-state index contributed by atoms with van der Waals surface area (Å²) in [4.78, 5) is 29.9. The van der Waals surface area contributed by atoms with Crippen molar-refractivity contribution in [3.63, 3.8) is 0 Å². The van der Waals surface area contributed by atoms with Gasteiger partial charge in [0.05, 0.1) is 18.8 Å². The summed E-state index contributed by atoms with van der Waals surface area (Å²) in [5.41, 5.74) is 0.360. The minimum absolute atomic E-state index is 0.0190. The molecular weight excluding hydrogens is 284 g/mol. The fourth-order valence-corrected chi connectivity index (χ4v) is 2.70. The third-order valence-corrected chi connectivity index (χ3v) is 3.87. The number of nitrogens with zero attached hydrogens (tertiary/aromatic N) is 3. The minimum Gasteiger partial charge on any atom is -0.467 e.